The maximum absolute atomic E-state index is 13.5. The van der Waals surface area contributed by atoms with Gasteiger partial charge >= 0.3 is 0 Å². The molecule has 1 fully saturated rings. The minimum absolute atomic E-state index is 0.0204. The van der Waals surface area contributed by atoms with E-state index in [1.807, 2.05) is 107 Å². The van der Waals surface area contributed by atoms with Gasteiger partial charge in [0.2, 0.25) is 11.9 Å². The topological polar surface area (TPSA) is 194 Å². The van der Waals surface area contributed by atoms with Gasteiger partial charge in [0.15, 0.2) is 17.4 Å². The number of hydrogen-bond acceptors (Lipinski definition) is 14. The summed E-state index contributed by atoms with van der Waals surface area (Å²) in [6.45, 7) is 12.1. The van der Waals surface area contributed by atoms with E-state index >= 15 is 0 Å². The molecule has 0 aliphatic carbocycles. The van der Waals surface area contributed by atoms with Crippen LogP contribution in [0, 0.1) is 17.2 Å². The quantitative estimate of drug-likeness (QED) is 0.0376. The first kappa shape index (κ1) is 49.2. The van der Waals surface area contributed by atoms with E-state index in [1.165, 1.54) is 6.33 Å². The molecular formula is C47H60N7O10P. The van der Waals surface area contributed by atoms with Crippen molar-refractivity contribution in [1.82, 2.24) is 24.2 Å². The molecule has 2 N–H and O–H groups in total. The Bertz CT molecular complexity index is 2330. The molecule has 6 rings (SSSR count). The number of carbonyl (C=O) groups is 1. The van der Waals surface area contributed by atoms with Crippen LogP contribution in [0.3, 0.4) is 0 Å². The average molecular weight is 914 g/mol. The number of H-pyrrole nitrogens is 1. The van der Waals surface area contributed by atoms with Gasteiger partial charge in [0, 0.05) is 25.1 Å². The number of carbonyl (C=O) groups excluding carboxylic acids is 1. The van der Waals surface area contributed by atoms with Crippen LogP contribution in [-0.2, 0) is 38.4 Å². The van der Waals surface area contributed by atoms with Crippen LogP contribution < -0.4 is 20.3 Å². The summed E-state index contributed by atoms with van der Waals surface area (Å²) in [5.41, 5.74) is 0.850. The van der Waals surface area contributed by atoms with Crippen LogP contribution in [0.4, 0.5) is 5.95 Å². The van der Waals surface area contributed by atoms with Gasteiger partial charge in [-0.25, -0.2) is 9.65 Å². The summed E-state index contributed by atoms with van der Waals surface area (Å²) in [7, 11) is 2.96. The highest BCUT2D eigenvalue weighted by molar-refractivity contribution is 7.44. The second-order valence-electron chi connectivity index (χ2n) is 16.2. The highest BCUT2D eigenvalue weighted by atomic mass is 31.2. The van der Waals surface area contributed by atoms with Crippen LogP contribution in [0.25, 0.3) is 11.2 Å². The van der Waals surface area contributed by atoms with E-state index in [2.05, 4.69) is 31.0 Å². The normalized spacial score (nSPS) is 18.2. The van der Waals surface area contributed by atoms with Crippen LogP contribution in [0.2, 0.25) is 0 Å². The van der Waals surface area contributed by atoms with Gasteiger partial charge in [0.25, 0.3) is 14.1 Å². The summed E-state index contributed by atoms with van der Waals surface area (Å²) in [6, 6.07) is 27.5. The number of aromatic nitrogens is 4. The Kier molecular flexibility index (Phi) is 17.2. The minimum Gasteiger partial charge on any atom is -0.497 e. The second kappa shape index (κ2) is 22.8. The molecule has 0 radical (unpaired) electrons. The van der Waals surface area contributed by atoms with Gasteiger partial charge < -0.3 is 37.5 Å². The third kappa shape index (κ3) is 11.2. The largest absolute Gasteiger partial charge is 0.497 e. The first-order valence-corrected chi connectivity index (χ1v) is 22.8. The molecular weight excluding hydrogens is 854 g/mol. The fourth-order valence-electron chi connectivity index (χ4n) is 7.76. The highest BCUT2D eigenvalue weighted by Crippen LogP contribution is 2.52. The number of anilines is 1. The summed E-state index contributed by atoms with van der Waals surface area (Å²) in [5, 5.41) is 12.2. The summed E-state index contributed by atoms with van der Waals surface area (Å²) in [5.74, 6) is 0.587. The van der Waals surface area contributed by atoms with Crippen LogP contribution in [0.1, 0.15) is 70.9 Å². The highest BCUT2D eigenvalue weighted by Gasteiger charge is 2.52. The van der Waals surface area contributed by atoms with Crippen LogP contribution >= 0.6 is 8.53 Å². The number of aromatic amines is 1. The molecule has 1 aliphatic rings. The standard InChI is InChI=1S/C47H60N7O10P/c1-30(2)43(55)51-46-50-42-39(44(56)52-46)49-29-53(42)45-41(64-65(62-25-13-24-48)54(31(3)4)32(5)6)40(60-27-26-57-7)38(63-45)28-61-47(33-14-11-10-12-15-33,34-16-20-36(58-8)21-17-34)35-18-22-37(59-9)23-19-35/h10-12,14-23,29-32,38,40-41,45H,13,25-28H2,1-9H3,(H2,50,51,52,55,56)/t38-,40-,41-,45-,65?/m1/s1. The number of imidazole rings is 1. The van der Waals surface area contributed by atoms with Crippen molar-refractivity contribution in [3.63, 3.8) is 0 Å². The van der Waals surface area contributed by atoms with Crippen molar-refractivity contribution in [2.75, 3.05) is 53.1 Å². The number of amides is 1. The zero-order chi connectivity index (χ0) is 46.7. The van der Waals surface area contributed by atoms with Crippen LogP contribution in [0.15, 0.2) is 90.0 Å². The van der Waals surface area contributed by atoms with Gasteiger partial charge in [-0.3, -0.25) is 24.5 Å². The Morgan fingerprint density at radius 2 is 1.51 bits per heavy atom. The molecule has 2 aromatic heterocycles. The Morgan fingerprint density at radius 1 is 0.892 bits per heavy atom. The second-order valence-corrected chi connectivity index (χ2v) is 17.6. The lowest BCUT2D eigenvalue weighted by molar-refractivity contribution is -0.118. The van der Waals surface area contributed by atoms with Gasteiger partial charge in [-0.2, -0.15) is 10.2 Å². The molecule has 5 aromatic rings. The average Bonchev–Trinajstić information content (AvgIpc) is 3.88. The Hall–Kier alpha value is -5.28. The number of methoxy groups -OCH3 is 3. The van der Waals surface area contributed by atoms with Gasteiger partial charge in [-0.15, -0.1) is 0 Å². The van der Waals surface area contributed by atoms with E-state index in [9.17, 15) is 14.9 Å². The lowest BCUT2D eigenvalue weighted by Crippen LogP contribution is -2.43. The van der Waals surface area contributed by atoms with Crippen molar-refractivity contribution >= 4 is 31.5 Å². The molecule has 17 nitrogen and oxygen atoms in total. The molecule has 0 saturated carbocycles. The van der Waals surface area contributed by atoms with Crippen molar-refractivity contribution in [1.29, 1.82) is 5.26 Å². The Morgan fingerprint density at radius 3 is 2.06 bits per heavy atom. The molecule has 1 unspecified atom stereocenters. The molecule has 1 saturated heterocycles. The summed E-state index contributed by atoms with van der Waals surface area (Å²) in [4.78, 5) is 38.1. The molecule has 65 heavy (non-hydrogen) atoms. The third-order valence-corrected chi connectivity index (χ3v) is 13.0. The number of ether oxygens (including phenoxy) is 6. The van der Waals surface area contributed by atoms with Crippen LogP contribution in [0.5, 0.6) is 11.5 Å². The van der Waals surface area contributed by atoms with Gasteiger partial charge in [-0.05, 0) is 68.7 Å². The van der Waals surface area contributed by atoms with Crippen molar-refractivity contribution in [2.24, 2.45) is 5.92 Å². The first-order chi connectivity index (χ1) is 31.4. The SMILES string of the molecule is COCCO[C@H]1[C@@H](OP(OCCC#N)N(C(C)C)C(C)C)[C@H](n2cnc3c(=O)[nH]c(NC(=O)C(C)C)nc32)O[C@@H]1COC(c1ccccc1)(c1ccc(OC)cc1)c1ccc(OC)cc1. The number of nitriles is 1. The van der Waals surface area contributed by atoms with Crippen molar-refractivity contribution < 1.29 is 42.3 Å². The monoisotopic (exact) mass is 913 g/mol. The number of nitrogens with one attached hydrogen (secondary N) is 2. The predicted octanol–water partition coefficient (Wildman–Crippen LogP) is 7.33. The maximum atomic E-state index is 13.5. The molecule has 0 spiro atoms. The zero-order valence-corrected chi connectivity index (χ0v) is 39.3. The molecule has 18 heteroatoms. The number of hydrogen-bond donors (Lipinski definition) is 2. The smallest absolute Gasteiger partial charge is 0.280 e. The Balaban J connectivity index is 1.52. The predicted molar refractivity (Wildman–Crippen MR) is 245 cm³/mol. The van der Waals surface area contributed by atoms with Crippen molar-refractivity contribution in [3.8, 4) is 17.6 Å². The van der Waals surface area contributed by atoms with Gasteiger partial charge in [-0.1, -0.05) is 68.4 Å². The lowest BCUT2D eigenvalue weighted by atomic mass is 9.80. The van der Waals surface area contributed by atoms with E-state index in [-0.39, 0.29) is 73.9 Å². The molecule has 3 heterocycles. The molecule has 1 amide bonds. The molecule has 0 bridgehead atoms. The van der Waals surface area contributed by atoms with Gasteiger partial charge in [0.1, 0.15) is 35.4 Å². The Labute approximate surface area is 381 Å². The number of fused-ring (bicyclic) bond motifs is 1. The number of nitrogens with zero attached hydrogens (tertiary/aromatic N) is 5. The van der Waals surface area contributed by atoms with E-state index in [0.29, 0.717) is 11.5 Å². The number of benzene rings is 3. The summed E-state index contributed by atoms with van der Waals surface area (Å²) in [6.07, 6.45) is -2.08. The fourth-order valence-corrected chi connectivity index (χ4v) is 9.50. The maximum Gasteiger partial charge on any atom is 0.280 e. The van der Waals surface area contributed by atoms with E-state index in [1.54, 1.807) is 39.7 Å². The van der Waals surface area contributed by atoms with Crippen molar-refractivity contribution in [3.05, 3.63) is 112 Å². The van der Waals surface area contributed by atoms with E-state index in [0.717, 1.165) is 16.7 Å². The van der Waals surface area contributed by atoms with Gasteiger partial charge in [0.05, 0.1) is 59.5 Å². The molecule has 3 aromatic carbocycles. The molecule has 5 atom stereocenters. The first-order valence-electron chi connectivity index (χ1n) is 21.6. The summed E-state index contributed by atoms with van der Waals surface area (Å²) >= 11 is 0. The van der Waals surface area contributed by atoms with E-state index < -0.39 is 44.2 Å². The molecule has 1 aliphatic heterocycles. The zero-order valence-electron chi connectivity index (χ0n) is 38.4. The van der Waals surface area contributed by atoms with Crippen LogP contribution in [-0.4, -0.2) is 108 Å². The molecule has 348 valence electrons. The minimum atomic E-state index is -1.87. The van der Waals surface area contributed by atoms with E-state index in [4.69, 9.17) is 37.5 Å². The third-order valence-electron chi connectivity index (χ3n) is 10.9. The van der Waals surface area contributed by atoms with Crippen molar-refractivity contribution in [2.45, 2.75) is 90.2 Å². The fraction of sp³-hybridized carbons (Fsp3) is 0.468. The lowest BCUT2D eigenvalue weighted by Gasteiger charge is -2.38. The summed E-state index contributed by atoms with van der Waals surface area (Å²) < 4.78 is 55.1. The number of rotatable bonds is 23.